The number of halogens is 4. The van der Waals surface area contributed by atoms with Gasteiger partial charge in [0.15, 0.2) is 0 Å². The molecule has 0 aliphatic heterocycles. The van der Waals surface area contributed by atoms with Crippen LogP contribution in [-0.2, 0) is 65.5 Å². The van der Waals surface area contributed by atoms with E-state index in [9.17, 15) is 46.1 Å². The Bertz CT molecular complexity index is 4260. The first-order chi connectivity index (χ1) is 45.1. The number of fused-ring (bicyclic) bond motifs is 4. The van der Waals surface area contributed by atoms with Crippen molar-refractivity contribution in [3.05, 3.63) is 118 Å². The zero-order chi connectivity index (χ0) is 73.4. The second-order valence-corrected chi connectivity index (χ2v) is 46.2. The number of imidazole rings is 2. The maximum atomic E-state index is 14.2. The SMILES string of the molecule is Cc1cc(OC(F)F)c(C(C)(NS(=O)C(C)(C)C)c2nc3cc(C#N)ccc3n2COCC[Si](C)(C)C)c2ccn(C(=O)OC(C)(C)C)c12.Cc1cc(OC(F)F)c(C(C)(NS(=O)C(C)(C)C)c2nc3ccc(C#N)cc3n2COCC[Si](C)(C)C)c2ccn(C(=O)OC(C)(C)C)c12. The molecule has 0 fully saturated rings. The molecule has 4 aromatic carbocycles. The van der Waals surface area contributed by atoms with E-state index in [1.54, 1.807) is 168 Å². The molecule has 2 N–H and O–H groups in total. The average Bonchev–Trinajstić information content (AvgIpc) is 1.49. The van der Waals surface area contributed by atoms with Crippen LogP contribution in [0.2, 0.25) is 51.4 Å². The topological polar surface area (TPSA) is 241 Å². The second kappa shape index (κ2) is 29.5. The Morgan fingerprint density at radius 3 is 1.30 bits per heavy atom. The van der Waals surface area contributed by atoms with Crippen LogP contribution in [0.1, 0.15) is 142 Å². The predicted octanol–water partition coefficient (Wildman–Crippen LogP) is 16.4. The van der Waals surface area contributed by atoms with Crippen LogP contribution in [-0.4, -0.2) is 112 Å². The molecule has 0 spiro atoms. The zero-order valence-corrected chi connectivity index (χ0v) is 63.9. The van der Waals surface area contributed by atoms with Gasteiger partial charge in [0, 0.05) is 63.7 Å². The molecule has 0 bridgehead atoms. The standard InChI is InChI=1S/2C35H47F2N5O5SSi/c1-22-18-27(46-31(36)37)28(24-14-15-41(29(22)24)32(43)47-33(2,3)4)35(8,40-48(44)34(5,6)7)30-39-25-19-23(20-38)12-13-26(25)42(30)21-45-16-17-49(9,10)11;1-22-18-27(46-31(36)37)28(24-14-15-41(29(22)24)32(43)47-33(2,3)4)35(8,40-48(44)34(5,6)7)30-39-25-13-12-23(20-38)19-26(25)42(30)21-45-16-17-49(9,10)11/h2*12-15,18-19,31,40H,16-17,21H2,1-11H3. The Hall–Kier alpha value is -7.29. The van der Waals surface area contributed by atoms with Crippen molar-refractivity contribution >= 4 is 94.2 Å². The summed E-state index contributed by atoms with van der Waals surface area (Å²) in [6.07, 6.45) is 1.73. The average molecular weight is 1430 g/mol. The number of aromatic nitrogens is 6. The first-order valence-corrected chi connectivity index (χ1v) is 41.9. The molecule has 0 amide bonds. The summed E-state index contributed by atoms with van der Waals surface area (Å²) < 4.78 is 130. The summed E-state index contributed by atoms with van der Waals surface area (Å²) in [5, 5.41) is 20.2. The maximum Gasteiger partial charge on any atom is 0.419 e. The van der Waals surface area contributed by atoms with Crippen molar-refractivity contribution in [2.24, 2.45) is 0 Å². The lowest BCUT2D eigenvalue weighted by Gasteiger charge is -2.35. The van der Waals surface area contributed by atoms with Crippen molar-refractivity contribution < 1.29 is 64.0 Å². The first kappa shape index (κ1) is 78.1. The van der Waals surface area contributed by atoms with Crippen LogP contribution in [0.4, 0.5) is 27.2 Å². The summed E-state index contributed by atoms with van der Waals surface area (Å²) in [4.78, 5) is 36.8. The van der Waals surface area contributed by atoms with Gasteiger partial charge in [-0.1, -0.05) is 39.3 Å². The van der Waals surface area contributed by atoms with Crippen LogP contribution in [0.15, 0.2) is 73.1 Å². The second-order valence-electron chi connectivity index (χ2n) is 31.0. The van der Waals surface area contributed by atoms with Gasteiger partial charge in [0.05, 0.1) is 87.8 Å². The van der Waals surface area contributed by atoms with Gasteiger partial charge < -0.3 is 37.6 Å². The number of hydrogen-bond acceptors (Lipinski definition) is 14. The fourth-order valence-corrected chi connectivity index (χ4v) is 14.2. The lowest BCUT2D eigenvalue weighted by molar-refractivity contribution is -0.0515. The van der Waals surface area contributed by atoms with Gasteiger partial charge in [0.2, 0.25) is 0 Å². The normalized spacial score (nSPS) is 14.6. The summed E-state index contributed by atoms with van der Waals surface area (Å²) in [6.45, 7) is 36.1. The van der Waals surface area contributed by atoms with Crippen LogP contribution >= 0.6 is 0 Å². The van der Waals surface area contributed by atoms with Crippen LogP contribution in [0.25, 0.3) is 43.9 Å². The van der Waals surface area contributed by atoms with Crippen molar-refractivity contribution in [3.8, 4) is 23.6 Å². The van der Waals surface area contributed by atoms with Crippen molar-refractivity contribution in [3.63, 3.8) is 0 Å². The predicted molar refractivity (Wildman–Crippen MR) is 382 cm³/mol. The molecule has 4 heterocycles. The Morgan fingerprint density at radius 2 is 0.929 bits per heavy atom. The van der Waals surface area contributed by atoms with Crippen molar-refractivity contribution in [2.45, 2.75) is 221 Å². The van der Waals surface area contributed by atoms with E-state index in [2.05, 4.69) is 60.9 Å². The fourth-order valence-electron chi connectivity index (χ4n) is 10.9. The molecule has 28 heteroatoms. The molecule has 0 aliphatic rings. The van der Waals surface area contributed by atoms with Crippen molar-refractivity contribution in [1.29, 1.82) is 10.5 Å². The van der Waals surface area contributed by atoms with Crippen molar-refractivity contribution in [2.75, 3.05) is 13.2 Å². The minimum atomic E-state index is -3.19. The van der Waals surface area contributed by atoms with E-state index < -0.39 is 95.3 Å². The smallest absolute Gasteiger partial charge is 0.419 e. The molecule has 98 heavy (non-hydrogen) atoms. The van der Waals surface area contributed by atoms with Gasteiger partial charge >= 0.3 is 25.4 Å². The van der Waals surface area contributed by atoms with E-state index >= 15 is 0 Å². The summed E-state index contributed by atoms with van der Waals surface area (Å²) in [7, 11) is -6.45. The summed E-state index contributed by atoms with van der Waals surface area (Å²) in [6, 6.07) is 22.3. The summed E-state index contributed by atoms with van der Waals surface area (Å²) >= 11 is 0. The zero-order valence-electron chi connectivity index (χ0n) is 60.3. The van der Waals surface area contributed by atoms with E-state index in [1.807, 2.05) is 0 Å². The largest absolute Gasteiger partial charge is 0.443 e. The third-order valence-electron chi connectivity index (χ3n) is 15.6. The lowest BCUT2D eigenvalue weighted by atomic mass is 9.87. The monoisotopic (exact) mass is 1430 g/mol. The highest BCUT2D eigenvalue weighted by Crippen LogP contribution is 2.47. The molecule has 0 saturated heterocycles. The third-order valence-corrected chi connectivity index (χ3v) is 22.5. The van der Waals surface area contributed by atoms with Crippen LogP contribution in [0.5, 0.6) is 11.5 Å². The molecule has 0 radical (unpaired) electrons. The number of aryl methyl sites for hydroxylation is 2. The quantitative estimate of drug-likeness (QED) is 0.0364. The summed E-state index contributed by atoms with van der Waals surface area (Å²) in [5.41, 5.74) is 0.299. The van der Waals surface area contributed by atoms with E-state index in [1.165, 1.54) is 33.7 Å². The highest BCUT2D eigenvalue weighted by atomic mass is 32.2. The van der Waals surface area contributed by atoms with Gasteiger partial charge in [0.25, 0.3) is 0 Å². The number of nitrogens with one attached hydrogen (secondary N) is 2. The van der Waals surface area contributed by atoms with E-state index in [4.69, 9.17) is 38.4 Å². The molecule has 4 aromatic heterocycles. The van der Waals surface area contributed by atoms with E-state index in [0.29, 0.717) is 79.3 Å². The molecule has 8 rings (SSSR count). The highest BCUT2D eigenvalue weighted by Gasteiger charge is 2.46. The number of nitrogens with zero attached hydrogens (tertiary/aromatic N) is 8. The van der Waals surface area contributed by atoms with E-state index in [-0.39, 0.29) is 47.7 Å². The Kier molecular flexibility index (Phi) is 23.5. The molecule has 0 saturated carbocycles. The molecule has 532 valence electrons. The molecule has 8 aromatic rings. The first-order valence-electron chi connectivity index (χ1n) is 32.1. The minimum absolute atomic E-state index is 0.0174. The number of hydrogen-bond donors (Lipinski definition) is 2. The third kappa shape index (κ3) is 18.4. The minimum Gasteiger partial charge on any atom is -0.443 e. The maximum absolute atomic E-state index is 14.2. The van der Waals surface area contributed by atoms with Gasteiger partial charge in [0.1, 0.15) is 58.9 Å². The van der Waals surface area contributed by atoms with E-state index in [0.717, 1.165) is 12.1 Å². The molecule has 4 atom stereocenters. The number of alkyl halides is 4. The van der Waals surface area contributed by atoms with Crippen LogP contribution in [0.3, 0.4) is 0 Å². The molecule has 20 nitrogen and oxygen atoms in total. The van der Waals surface area contributed by atoms with Crippen LogP contribution < -0.4 is 18.9 Å². The number of benzene rings is 4. The molecule has 0 aliphatic carbocycles. The van der Waals surface area contributed by atoms with Crippen molar-refractivity contribution in [1.82, 2.24) is 37.7 Å². The molecular formula is C70H94F4N10O10S2Si2. The van der Waals surface area contributed by atoms with Crippen LogP contribution in [0, 0.1) is 36.5 Å². The molecular weight excluding hydrogens is 1340 g/mol. The van der Waals surface area contributed by atoms with Gasteiger partial charge in [-0.15, -0.1) is 0 Å². The number of carbonyl (C=O) groups excluding carboxylic acids is 2. The Morgan fingerprint density at radius 1 is 0.551 bits per heavy atom. The summed E-state index contributed by atoms with van der Waals surface area (Å²) in [5.74, 6) is 0.215. The highest BCUT2D eigenvalue weighted by molar-refractivity contribution is 7.84. The number of rotatable bonds is 22. The Balaban J connectivity index is 0.000000276. The van der Waals surface area contributed by atoms with Gasteiger partial charge in [-0.25, -0.2) is 37.4 Å². The Labute approximate surface area is 578 Å². The fraction of sp³-hybridized carbons (Fsp3) is 0.514. The van der Waals surface area contributed by atoms with Gasteiger partial charge in [-0.2, -0.15) is 28.1 Å². The number of ether oxygens (including phenoxy) is 6. The van der Waals surface area contributed by atoms with Gasteiger partial charge in [-0.05, 0) is 195 Å². The lowest BCUT2D eigenvalue weighted by Crippen LogP contribution is -2.48. The van der Waals surface area contributed by atoms with Gasteiger partial charge in [-0.3, -0.25) is 9.13 Å². The number of carbonyl (C=O) groups is 2. The number of nitriles is 2. The molecule has 4 unspecified atom stereocenters.